The van der Waals surface area contributed by atoms with Gasteiger partial charge in [-0.25, -0.2) is 0 Å². The number of carbonyl (C=O) groups excluding carboxylic acids is 1. The van der Waals surface area contributed by atoms with E-state index >= 15 is 0 Å². The molecule has 2 aliphatic heterocycles. The van der Waals surface area contributed by atoms with E-state index in [-0.39, 0.29) is 17.9 Å². The van der Waals surface area contributed by atoms with Crippen molar-refractivity contribution < 1.29 is 13.7 Å². The van der Waals surface area contributed by atoms with Gasteiger partial charge < -0.3 is 9.64 Å². The quantitative estimate of drug-likeness (QED) is 0.716. The van der Waals surface area contributed by atoms with E-state index < -0.39 is 10.8 Å². The van der Waals surface area contributed by atoms with Gasteiger partial charge in [0.25, 0.3) is 0 Å². The summed E-state index contributed by atoms with van der Waals surface area (Å²) < 4.78 is 17.3. The largest absolute Gasteiger partial charge is 0.373 e. The first-order chi connectivity index (χ1) is 8.99. The zero-order valence-corrected chi connectivity index (χ0v) is 12.6. The third-order valence-corrected chi connectivity index (χ3v) is 5.38. The fourth-order valence-electron chi connectivity index (χ4n) is 2.90. The molecule has 4 atom stereocenters. The fourth-order valence-corrected chi connectivity index (χ4v) is 4.23. The van der Waals surface area contributed by atoms with E-state index in [0.717, 1.165) is 12.0 Å². The third-order valence-electron chi connectivity index (χ3n) is 3.80. The average Bonchev–Trinajstić information content (AvgIpc) is 2.76. The zero-order valence-electron chi connectivity index (χ0n) is 11.8. The molecule has 1 amide bonds. The summed E-state index contributed by atoms with van der Waals surface area (Å²) in [5.74, 6) is 1.65. The number of carbonyl (C=O) groups is 1. The van der Waals surface area contributed by atoms with Gasteiger partial charge in [-0.05, 0) is 19.3 Å². The molecule has 19 heavy (non-hydrogen) atoms. The van der Waals surface area contributed by atoms with Crippen LogP contribution < -0.4 is 0 Å². The van der Waals surface area contributed by atoms with Crippen LogP contribution >= 0.6 is 0 Å². The summed E-state index contributed by atoms with van der Waals surface area (Å²) in [6, 6.07) is 0. The molecule has 0 aliphatic carbocycles. The van der Waals surface area contributed by atoms with Gasteiger partial charge in [0.05, 0.1) is 12.0 Å². The predicted octanol–water partition coefficient (Wildman–Crippen LogP) is 1.19. The molecule has 108 valence electrons. The smallest absolute Gasteiger partial charge is 0.228 e. The van der Waals surface area contributed by atoms with Crippen molar-refractivity contribution >= 4 is 16.7 Å². The number of hydrogen-bond donors (Lipinski definition) is 0. The number of ether oxygens (including phenoxy) is 1. The van der Waals surface area contributed by atoms with Crippen molar-refractivity contribution in [1.82, 2.24) is 4.90 Å². The molecule has 0 aromatic rings. The van der Waals surface area contributed by atoms with E-state index in [1.165, 1.54) is 0 Å². The highest BCUT2D eigenvalue weighted by atomic mass is 32.2. The van der Waals surface area contributed by atoms with Gasteiger partial charge in [0.1, 0.15) is 0 Å². The standard InChI is InChI=1S/C14H23NO3S/c1-10(2)13-12(4-6-18-13)14(16)15-5-7-19(17)9-11(3)8-15/h11-13H,1,4-9H2,2-3H3/t11-,12-,13-,19-/m1/s1. The average molecular weight is 285 g/mol. The van der Waals surface area contributed by atoms with Gasteiger partial charge in [-0.15, -0.1) is 0 Å². The highest BCUT2D eigenvalue weighted by molar-refractivity contribution is 7.85. The first-order valence-corrected chi connectivity index (χ1v) is 8.38. The monoisotopic (exact) mass is 285 g/mol. The summed E-state index contributed by atoms with van der Waals surface area (Å²) >= 11 is 0. The Morgan fingerprint density at radius 3 is 2.89 bits per heavy atom. The van der Waals surface area contributed by atoms with Gasteiger partial charge in [-0.2, -0.15) is 0 Å². The Hall–Kier alpha value is -0.680. The first kappa shape index (κ1) is 14.7. The molecule has 0 aromatic heterocycles. The Morgan fingerprint density at radius 2 is 2.21 bits per heavy atom. The van der Waals surface area contributed by atoms with Crippen LogP contribution in [0.2, 0.25) is 0 Å². The van der Waals surface area contributed by atoms with E-state index in [1.807, 2.05) is 11.8 Å². The predicted molar refractivity (Wildman–Crippen MR) is 76.3 cm³/mol. The topological polar surface area (TPSA) is 46.6 Å². The van der Waals surface area contributed by atoms with Crippen LogP contribution in [-0.2, 0) is 20.3 Å². The summed E-state index contributed by atoms with van der Waals surface area (Å²) in [6.07, 6.45) is 0.626. The Labute approximate surface area is 117 Å². The maximum absolute atomic E-state index is 12.6. The molecule has 0 saturated carbocycles. The lowest BCUT2D eigenvalue weighted by molar-refractivity contribution is -0.136. The lowest BCUT2D eigenvalue weighted by Gasteiger charge is -2.27. The normalized spacial score (nSPS) is 36.0. The van der Waals surface area contributed by atoms with E-state index in [9.17, 15) is 9.00 Å². The van der Waals surface area contributed by atoms with Crippen molar-refractivity contribution in [3.05, 3.63) is 12.2 Å². The van der Waals surface area contributed by atoms with Crippen LogP contribution in [0.3, 0.4) is 0 Å². The number of nitrogens with zero attached hydrogens (tertiary/aromatic N) is 1. The fraction of sp³-hybridized carbons (Fsp3) is 0.786. The van der Waals surface area contributed by atoms with Crippen LogP contribution in [-0.4, -0.2) is 52.3 Å². The summed E-state index contributed by atoms with van der Waals surface area (Å²) in [7, 11) is -0.787. The second-order valence-electron chi connectivity index (χ2n) is 5.73. The maximum Gasteiger partial charge on any atom is 0.228 e. The molecule has 2 fully saturated rings. The molecule has 2 heterocycles. The van der Waals surface area contributed by atoms with Crippen molar-refractivity contribution in [3.8, 4) is 0 Å². The van der Waals surface area contributed by atoms with Crippen LogP contribution in [0.1, 0.15) is 20.3 Å². The van der Waals surface area contributed by atoms with Gasteiger partial charge >= 0.3 is 0 Å². The number of rotatable bonds is 2. The Balaban J connectivity index is 2.06. The van der Waals surface area contributed by atoms with Crippen molar-refractivity contribution in [1.29, 1.82) is 0 Å². The van der Waals surface area contributed by atoms with Crippen LogP contribution in [0.5, 0.6) is 0 Å². The Morgan fingerprint density at radius 1 is 1.47 bits per heavy atom. The van der Waals surface area contributed by atoms with Crippen molar-refractivity contribution in [2.75, 3.05) is 31.2 Å². The first-order valence-electron chi connectivity index (χ1n) is 6.89. The van der Waals surface area contributed by atoms with Crippen LogP contribution in [0.4, 0.5) is 0 Å². The molecular formula is C14H23NO3S. The zero-order chi connectivity index (χ0) is 14.0. The molecule has 0 radical (unpaired) electrons. The summed E-state index contributed by atoms with van der Waals surface area (Å²) in [4.78, 5) is 14.5. The maximum atomic E-state index is 12.6. The molecule has 5 heteroatoms. The van der Waals surface area contributed by atoms with E-state index in [0.29, 0.717) is 37.1 Å². The number of hydrogen-bond acceptors (Lipinski definition) is 3. The second-order valence-corrected chi connectivity index (χ2v) is 7.35. The van der Waals surface area contributed by atoms with Gasteiger partial charge in [-0.1, -0.05) is 19.1 Å². The van der Waals surface area contributed by atoms with Gasteiger partial charge in [0, 0.05) is 42.0 Å². The minimum Gasteiger partial charge on any atom is -0.373 e. The molecule has 4 nitrogen and oxygen atoms in total. The minimum atomic E-state index is -0.787. The third kappa shape index (κ3) is 3.45. The molecular weight excluding hydrogens is 262 g/mol. The molecule has 0 spiro atoms. The highest BCUT2D eigenvalue weighted by Crippen LogP contribution is 2.28. The van der Waals surface area contributed by atoms with Crippen molar-refractivity contribution in [2.24, 2.45) is 11.8 Å². The van der Waals surface area contributed by atoms with E-state index in [4.69, 9.17) is 4.74 Å². The summed E-state index contributed by atoms with van der Waals surface area (Å²) in [5, 5.41) is 0. The molecule has 0 N–H and O–H groups in total. The lowest BCUT2D eigenvalue weighted by atomic mass is 9.95. The Kier molecular flexibility index (Phi) is 4.79. The van der Waals surface area contributed by atoms with E-state index in [1.54, 1.807) is 0 Å². The molecule has 2 aliphatic rings. The van der Waals surface area contributed by atoms with Crippen molar-refractivity contribution in [2.45, 2.75) is 26.4 Å². The minimum absolute atomic E-state index is 0.101. The second kappa shape index (κ2) is 6.18. The molecule has 2 rings (SSSR count). The van der Waals surface area contributed by atoms with Crippen LogP contribution in [0, 0.1) is 11.8 Å². The molecule has 0 aromatic carbocycles. The molecule has 0 unspecified atom stereocenters. The molecule has 0 bridgehead atoms. The van der Waals surface area contributed by atoms with Crippen LogP contribution in [0.15, 0.2) is 12.2 Å². The lowest BCUT2D eigenvalue weighted by Crippen LogP contribution is -2.42. The summed E-state index contributed by atoms with van der Waals surface area (Å²) in [5.41, 5.74) is 0.919. The van der Waals surface area contributed by atoms with Gasteiger partial charge in [-0.3, -0.25) is 9.00 Å². The van der Waals surface area contributed by atoms with Crippen molar-refractivity contribution in [3.63, 3.8) is 0 Å². The van der Waals surface area contributed by atoms with E-state index in [2.05, 4.69) is 13.5 Å². The SMILES string of the molecule is C=C(C)[C@H]1OCC[C@H]1C(=O)N1CC[S@@](=O)C[C@H](C)C1. The van der Waals surface area contributed by atoms with Gasteiger partial charge in [0.15, 0.2) is 0 Å². The summed E-state index contributed by atoms with van der Waals surface area (Å²) in [6.45, 7) is 9.84. The van der Waals surface area contributed by atoms with Gasteiger partial charge in [0.2, 0.25) is 5.91 Å². The Bertz CT molecular complexity index is 396. The highest BCUT2D eigenvalue weighted by Gasteiger charge is 2.37. The van der Waals surface area contributed by atoms with Crippen LogP contribution in [0.25, 0.3) is 0 Å². The molecule has 2 saturated heterocycles. The number of amides is 1.